The Bertz CT molecular complexity index is 3110. The number of nitrogens with zero attached hydrogens (tertiary/aromatic N) is 2. The van der Waals surface area contributed by atoms with Crippen LogP contribution in [-0.4, -0.2) is 14.9 Å². The molecule has 58 heavy (non-hydrogen) atoms. The maximum Gasteiger partial charge on any atom is 0.309 e. The molecule has 3 atom stereocenters. The summed E-state index contributed by atoms with van der Waals surface area (Å²) in [5.74, 6) is 0.470. The fourth-order valence-electron chi connectivity index (χ4n) is 9.81. The number of allylic oxidation sites excluding steroid dienone is 3. The van der Waals surface area contributed by atoms with Gasteiger partial charge in [-0.25, -0.2) is 0 Å². The number of furan rings is 1. The van der Waals surface area contributed by atoms with Crippen LogP contribution in [0.25, 0.3) is 66.1 Å². The molecular weight excluding hydrogens is 707 g/mol. The maximum absolute atomic E-state index is 6.49. The first-order chi connectivity index (χ1) is 28.6. The molecule has 7 aromatic carbocycles. The first-order valence-corrected chi connectivity index (χ1v) is 20.7. The van der Waals surface area contributed by atoms with Crippen molar-refractivity contribution in [2.75, 3.05) is 0 Å². The van der Waals surface area contributed by atoms with Crippen LogP contribution in [0.1, 0.15) is 55.6 Å². The normalized spacial score (nSPS) is 18.4. The molecule has 1 aliphatic carbocycles. The van der Waals surface area contributed by atoms with Gasteiger partial charge in [-0.15, -0.1) is 4.58 Å². The molecule has 2 aliphatic rings. The zero-order valence-electron chi connectivity index (χ0n) is 32.8. The summed E-state index contributed by atoms with van der Waals surface area (Å²) in [6.45, 7) is 4.67. The zero-order chi connectivity index (χ0) is 38.7. The number of rotatable bonds is 7. The summed E-state index contributed by atoms with van der Waals surface area (Å²) in [6.07, 6.45) is 7.05. The number of quaternary nitrogens is 1. The SMILES string of the molecule is CCC1=[N+](C2=CCC(C)C(c3ccccc3)=C2)C(c2ccccc2)[NH2+]C1c1ccc(-n2c3ccccc3c3ccc(-c4cccc5c4oc4ccccc45)cc32)cc1. The number of fused-ring (bicyclic) bond motifs is 6. The Morgan fingerprint density at radius 3 is 2.16 bits per heavy atom. The van der Waals surface area contributed by atoms with E-state index in [1.807, 2.05) is 6.07 Å². The Kier molecular flexibility index (Phi) is 8.34. The van der Waals surface area contributed by atoms with Crippen LogP contribution < -0.4 is 5.32 Å². The van der Waals surface area contributed by atoms with Crippen molar-refractivity contribution < 1.29 is 14.3 Å². The highest BCUT2D eigenvalue weighted by Crippen LogP contribution is 2.40. The standard InChI is InChI=1S/C54H44N3O/c1-3-48-52(55-54(38-17-8-5-9-18-38)57(48)41-29-25-35(2)47(34-41)36-15-6-4-7-16-36)37-26-30-40(31-27-37)56-49-23-12-10-19-43(49)44-32-28-39(33-50(44)56)42-21-14-22-46-45-20-11-13-24-51(45)58-53(42)46/h4-24,26-35,52,54-55H,3,25H2,1-2H3/q+1/p+1. The van der Waals surface area contributed by atoms with E-state index in [1.165, 1.54) is 55.5 Å². The third-order valence-electron chi connectivity index (χ3n) is 12.6. The molecule has 4 nitrogen and oxygen atoms in total. The molecular formula is C54H45N3O+2. The fraction of sp³-hybridized carbons (Fsp3) is 0.130. The third kappa shape index (κ3) is 5.59. The predicted octanol–water partition coefficient (Wildman–Crippen LogP) is 12.5. The lowest BCUT2D eigenvalue weighted by molar-refractivity contribution is -0.827. The lowest BCUT2D eigenvalue weighted by Crippen LogP contribution is -2.85. The van der Waals surface area contributed by atoms with Crippen LogP contribution >= 0.6 is 0 Å². The van der Waals surface area contributed by atoms with Crippen molar-refractivity contribution >= 4 is 55.0 Å². The molecule has 9 aromatic rings. The summed E-state index contributed by atoms with van der Waals surface area (Å²) in [6, 6.07) is 62.0. The molecule has 0 radical (unpaired) electrons. The molecule has 0 amide bonds. The van der Waals surface area contributed by atoms with E-state index in [0.29, 0.717) is 5.92 Å². The van der Waals surface area contributed by atoms with Crippen LogP contribution in [0, 0.1) is 5.92 Å². The monoisotopic (exact) mass is 751 g/mol. The van der Waals surface area contributed by atoms with Gasteiger partial charge in [-0.1, -0.05) is 141 Å². The Labute approximate surface area is 338 Å². The van der Waals surface area contributed by atoms with Gasteiger partial charge in [0.1, 0.15) is 11.2 Å². The molecule has 3 unspecified atom stereocenters. The summed E-state index contributed by atoms with van der Waals surface area (Å²) < 4.78 is 11.6. The lowest BCUT2D eigenvalue weighted by atomic mass is 9.87. The summed E-state index contributed by atoms with van der Waals surface area (Å²) in [5, 5.41) is 7.36. The van der Waals surface area contributed by atoms with E-state index in [2.05, 4.69) is 204 Å². The van der Waals surface area contributed by atoms with Crippen molar-refractivity contribution in [1.82, 2.24) is 4.57 Å². The smallest absolute Gasteiger partial charge is 0.309 e. The van der Waals surface area contributed by atoms with Gasteiger partial charge in [0.05, 0.1) is 16.6 Å². The van der Waals surface area contributed by atoms with E-state index in [0.717, 1.165) is 51.6 Å². The van der Waals surface area contributed by atoms with E-state index >= 15 is 0 Å². The minimum absolute atomic E-state index is 0.140. The Morgan fingerprint density at radius 2 is 1.34 bits per heavy atom. The highest BCUT2D eigenvalue weighted by atomic mass is 16.3. The molecule has 4 heteroatoms. The van der Waals surface area contributed by atoms with Crippen molar-refractivity contribution in [3.05, 3.63) is 204 Å². The van der Waals surface area contributed by atoms with Gasteiger partial charge >= 0.3 is 6.17 Å². The van der Waals surface area contributed by atoms with Crippen LogP contribution in [0.2, 0.25) is 0 Å². The Balaban J connectivity index is 1.02. The molecule has 3 heterocycles. The maximum atomic E-state index is 6.49. The third-order valence-corrected chi connectivity index (χ3v) is 12.6. The largest absolute Gasteiger partial charge is 0.455 e. The average Bonchev–Trinajstić information content (AvgIpc) is 3.97. The molecule has 0 spiro atoms. The zero-order valence-corrected chi connectivity index (χ0v) is 32.8. The van der Waals surface area contributed by atoms with Gasteiger partial charge in [0, 0.05) is 50.9 Å². The molecule has 2 aromatic heterocycles. The lowest BCUT2D eigenvalue weighted by Gasteiger charge is -2.20. The van der Waals surface area contributed by atoms with Crippen molar-refractivity contribution in [2.24, 2.45) is 5.92 Å². The highest BCUT2D eigenvalue weighted by Gasteiger charge is 2.47. The molecule has 0 fully saturated rings. The molecule has 2 N–H and O–H groups in total. The van der Waals surface area contributed by atoms with Crippen molar-refractivity contribution in [3.63, 3.8) is 0 Å². The van der Waals surface area contributed by atoms with Crippen LogP contribution in [0.5, 0.6) is 0 Å². The van der Waals surface area contributed by atoms with Crippen LogP contribution in [0.15, 0.2) is 192 Å². The number of nitrogens with two attached hydrogens (primary N) is 1. The van der Waals surface area contributed by atoms with Gasteiger partial charge in [-0.2, -0.15) is 0 Å². The summed E-state index contributed by atoms with van der Waals surface area (Å²) in [7, 11) is 0. The molecule has 0 bridgehead atoms. The first-order valence-electron chi connectivity index (χ1n) is 20.7. The average molecular weight is 752 g/mol. The summed E-state index contributed by atoms with van der Waals surface area (Å²) in [5.41, 5.74) is 15.7. The second-order valence-electron chi connectivity index (χ2n) is 15.9. The minimum Gasteiger partial charge on any atom is -0.455 e. The van der Waals surface area contributed by atoms with Crippen LogP contribution in [-0.2, 0) is 0 Å². The van der Waals surface area contributed by atoms with Gasteiger partial charge in [-0.3, -0.25) is 5.32 Å². The molecule has 280 valence electrons. The second kappa shape index (κ2) is 14.0. The highest BCUT2D eigenvalue weighted by molar-refractivity contribution is 6.13. The van der Waals surface area contributed by atoms with E-state index in [9.17, 15) is 0 Å². The molecule has 11 rings (SSSR count). The predicted molar refractivity (Wildman–Crippen MR) is 239 cm³/mol. The Hall–Kier alpha value is -6.75. The van der Waals surface area contributed by atoms with E-state index in [4.69, 9.17) is 4.42 Å². The number of aromatic nitrogens is 1. The number of hydrogen-bond acceptors (Lipinski definition) is 1. The minimum atomic E-state index is 0.140. The number of benzene rings is 7. The topological polar surface area (TPSA) is 37.7 Å². The first kappa shape index (κ1) is 34.5. The van der Waals surface area contributed by atoms with E-state index < -0.39 is 0 Å². The van der Waals surface area contributed by atoms with Crippen molar-refractivity contribution in [1.29, 1.82) is 0 Å². The van der Waals surface area contributed by atoms with Gasteiger partial charge in [0.15, 0.2) is 6.04 Å². The van der Waals surface area contributed by atoms with E-state index in [1.54, 1.807) is 0 Å². The molecule has 1 aliphatic heterocycles. The van der Waals surface area contributed by atoms with Gasteiger partial charge < -0.3 is 8.98 Å². The number of hydrogen-bond donors (Lipinski definition) is 1. The summed E-state index contributed by atoms with van der Waals surface area (Å²) >= 11 is 0. The summed E-state index contributed by atoms with van der Waals surface area (Å²) in [4.78, 5) is 0. The number of para-hydroxylation sites is 3. The van der Waals surface area contributed by atoms with Crippen LogP contribution in [0.4, 0.5) is 0 Å². The van der Waals surface area contributed by atoms with Crippen molar-refractivity contribution in [3.8, 4) is 16.8 Å². The van der Waals surface area contributed by atoms with Gasteiger partial charge in [0.25, 0.3) is 0 Å². The molecule has 0 saturated carbocycles. The van der Waals surface area contributed by atoms with Gasteiger partial charge in [0.2, 0.25) is 11.4 Å². The van der Waals surface area contributed by atoms with E-state index in [-0.39, 0.29) is 12.2 Å². The van der Waals surface area contributed by atoms with Gasteiger partial charge in [-0.05, 0) is 77.6 Å². The quantitative estimate of drug-likeness (QED) is 0.162. The van der Waals surface area contributed by atoms with Crippen molar-refractivity contribution in [2.45, 2.75) is 38.9 Å². The second-order valence-corrected chi connectivity index (χ2v) is 15.9. The van der Waals surface area contributed by atoms with Crippen LogP contribution in [0.3, 0.4) is 0 Å². The fourth-order valence-corrected chi connectivity index (χ4v) is 9.81. The Morgan fingerprint density at radius 1 is 0.638 bits per heavy atom. The molecule has 0 saturated heterocycles.